The van der Waals surface area contributed by atoms with Gasteiger partial charge in [-0.25, -0.2) is 4.39 Å². The number of nitrogens with zero attached hydrogens (tertiary/aromatic N) is 1. The van der Waals surface area contributed by atoms with Crippen LogP contribution in [0.25, 0.3) is 0 Å². The number of carbonyl (C=O) groups is 1. The second kappa shape index (κ2) is 7.21. The van der Waals surface area contributed by atoms with Crippen LogP contribution in [-0.4, -0.2) is 43.5 Å². The zero-order valence-electron chi connectivity index (χ0n) is 12.2. The molecule has 21 heavy (non-hydrogen) atoms. The van der Waals surface area contributed by atoms with E-state index >= 15 is 0 Å². The predicted molar refractivity (Wildman–Crippen MR) is 80.3 cm³/mol. The van der Waals surface area contributed by atoms with Crippen LogP contribution in [0.2, 0.25) is 0 Å². The van der Waals surface area contributed by atoms with Crippen LogP contribution in [0, 0.1) is 17.7 Å². The fraction of sp³-hybridized carbons (Fsp3) is 0.438. The van der Waals surface area contributed by atoms with Gasteiger partial charge in [-0.1, -0.05) is 11.8 Å². The minimum Gasteiger partial charge on any atom is -0.349 e. The highest BCUT2D eigenvalue weighted by atomic mass is 19.1. The van der Waals surface area contributed by atoms with E-state index in [1.54, 1.807) is 0 Å². The fourth-order valence-electron chi connectivity index (χ4n) is 2.38. The van der Waals surface area contributed by atoms with Gasteiger partial charge in [-0.15, -0.1) is 0 Å². The Morgan fingerprint density at radius 3 is 2.86 bits per heavy atom. The van der Waals surface area contributed by atoms with E-state index in [1.807, 2.05) is 0 Å². The van der Waals surface area contributed by atoms with Crippen LogP contribution < -0.4 is 11.1 Å². The van der Waals surface area contributed by atoms with Crippen LogP contribution >= 0.6 is 0 Å². The van der Waals surface area contributed by atoms with E-state index in [2.05, 4.69) is 29.1 Å². The van der Waals surface area contributed by atoms with Gasteiger partial charge in [-0.3, -0.25) is 4.79 Å². The van der Waals surface area contributed by atoms with Crippen LogP contribution in [0.15, 0.2) is 18.2 Å². The Labute approximate surface area is 124 Å². The summed E-state index contributed by atoms with van der Waals surface area (Å²) in [6, 6.07) is 4.18. The average Bonchev–Trinajstić information content (AvgIpc) is 2.47. The molecule has 0 unspecified atom stereocenters. The van der Waals surface area contributed by atoms with E-state index in [1.165, 1.54) is 18.2 Å². The molecule has 0 aliphatic carbocycles. The molecule has 1 fully saturated rings. The van der Waals surface area contributed by atoms with Gasteiger partial charge in [0, 0.05) is 11.6 Å². The van der Waals surface area contributed by atoms with Gasteiger partial charge in [-0.05, 0) is 51.2 Å². The van der Waals surface area contributed by atoms with Crippen molar-refractivity contribution in [1.29, 1.82) is 0 Å². The summed E-state index contributed by atoms with van der Waals surface area (Å²) in [5, 5.41) is 3.00. The normalized spacial score (nSPS) is 16.1. The van der Waals surface area contributed by atoms with Crippen molar-refractivity contribution in [2.75, 3.05) is 26.7 Å². The highest BCUT2D eigenvalue weighted by molar-refractivity contribution is 5.96. The molecular weight excluding hydrogens is 269 g/mol. The average molecular weight is 289 g/mol. The van der Waals surface area contributed by atoms with Gasteiger partial charge in [0.15, 0.2) is 0 Å². The van der Waals surface area contributed by atoms with Crippen LogP contribution in [-0.2, 0) is 0 Å². The van der Waals surface area contributed by atoms with E-state index in [-0.39, 0.29) is 18.5 Å². The molecule has 0 bridgehead atoms. The highest BCUT2D eigenvalue weighted by Crippen LogP contribution is 2.13. The van der Waals surface area contributed by atoms with Gasteiger partial charge < -0.3 is 16.0 Å². The summed E-state index contributed by atoms with van der Waals surface area (Å²) in [7, 11) is 2.07. The molecule has 5 heteroatoms. The molecule has 0 atom stereocenters. The van der Waals surface area contributed by atoms with E-state index in [9.17, 15) is 9.18 Å². The predicted octanol–water partition coefficient (Wildman–Crippen LogP) is 0.960. The van der Waals surface area contributed by atoms with E-state index in [0.29, 0.717) is 11.1 Å². The Kier molecular flexibility index (Phi) is 5.32. The third kappa shape index (κ3) is 4.28. The number of nitrogens with one attached hydrogen (secondary N) is 1. The molecule has 112 valence electrons. The highest BCUT2D eigenvalue weighted by Gasteiger charge is 2.20. The first-order valence-electron chi connectivity index (χ1n) is 7.08. The summed E-state index contributed by atoms with van der Waals surface area (Å²) in [5.74, 6) is 4.80. The molecule has 0 saturated carbocycles. The van der Waals surface area contributed by atoms with Gasteiger partial charge in [0.25, 0.3) is 5.91 Å². The third-order valence-electron chi connectivity index (χ3n) is 3.61. The van der Waals surface area contributed by atoms with Crippen molar-refractivity contribution in [1.82, 2.24) is 10.2 Å². The van der Waals surface area contributed by atoms with Gasteiger partial charge in [0.05, 0.1) is 12.1 Å². The summed E-state index contributed by atoms with van der Waals surface area (Å²) >= 11 is 0. The number of benzene rings is 1. The lowest BCUT2D eigenvalue weighted by molar-refractivity contribution is 0.0916. The lowest BCUT2D eigenvalue weighted by Crippen LogP contribution is -2.43. The van der Waals surface area contributed by atoms with Crippen molar-refractivity contribution in [2.45, 2.75) is 18.9 Å². The Bertz CT molecular complexity index is 569. The number of nitrogens with two attached hydrogens (primary N) is 1. The standard InChI is InChI=1S/C16H20FN3O/c1-20-9-6-14(7-10-20)19-16(21)15-5-4-13(17)11-12(15)3-2-8-18/h4-5,11,14H,6-10,18H2,1H3,(H,19,21). The maximum atomic E-state index is 13.3. The maximum Gasteiger partial charge on any atom is 0.252 e. The minimum absolute atomic E-state index is 0.161. The molecule has 0 spiro atoms. The molecule has 0 aromatic heterocycles. The second-order valence-corrected chi connectivity index (χ2v) is 5.25. The van der Waals surface area contributed by atoms with E-state index < -0.39 is 5.82 Å². The molecule has 1 aliphatic heterocycles. The molecule has 1 aliphatic rings. The Morgan fingerprint density at radius 2 is 2.19 bits per heavy atom. The van der Waals surface area contributed by atoms with Gasteiger partial charge in [-0.2, -0.15) is 0 Å². The molecule has 2 rings (SSSR count). The van der Waals surface area contributed by atoms with E-state index in [0.717, 1.165) is 25.9 Å². The van der Waals surface area contributed by atoms with Gasteiger partial charge in [0.1, 0.15) is 5.82 Å². The van der Waals surface area contributed by atoms with Crippen molar-refractivity contribution < 1.29 is 9.18 Å². The first-order valence-corrected chi connectivity index (χ1v) is 7.08. The molecule has 4 nitrogen and oxygen atoms in total. The zero-order valence-corrected chi connectivity index (χ0v) is 12.2. The third-order valence-corrected chi connectivity index (χ3v) is 3.61. The number of amides is 1. The topological polar surface area (TPSA) is 58.4 Å². The quantitative estimate of drug-likeness (QED) is 0.797. The van der Waals surface area contributed by atoms with Crippen LogP contribution in [0.1, 0.15) is 28.8 Å². The first-order chi connectivity index (χ1) is 10.1. The number of piperidine rings is 1. The summed E-state index contributed by atoms with van der Waals surface area (Å²) in [4.78, 5) is 14.6. The smallest absolute Gasteiger partial charge is 0.252 e. The fourth-order valence-corrected chi connectivity index (χ4v) is 2.38. The molecule has 1 amide bonds. The SMILES string of the molecule is CN1CCC(NC(=O)c2ccc(F)cc2C#CCN)CC1. The number of hydrogen-bond donors (Lipinski definition) is 2. The monoisotopic (exact) mass is 289 g/mol. The Balaban J connectivity index is 2.11. The van der Waals surface area contributed by atoms with Crippen molar-refractivity contribution in [3.63, 3.8) is 0 Å². The molecule has 1 saturated heterocycles. The van der Waals surface area contributed by atoms with Crippen LogP contribution in [0.4, 0.5) is 4.39 Å². The zero-order chi connectivity index (χ0) is 15.2. The number of rotatable bonds is 2. The molecule has 1 aromatic carbocycles. The van der Waals surface area contributed by atoms with Gasteiger partial charge >= 0.3 is 0 Å². The van der Waals surface area contributed by atoms with Crippen molar-refractivity contribution >= 4 is 5.91 Å². The van der Waals surface area contributed by atoms with Crippen LogP contribution in [0.5, 0.6) is 0 Å². The minimum atomic E-state index is -0.410. The Morgan fingerprint density at radius 1 is 1.48 bits per heavy atom. The summed E-state index contributed by atoms with van der Waals surface area (Å²) in [6.07, 6.45) is 1.85. The summed E-state index contributed by atoms with van der Waals surface area (Å²) in [6.45, 7) is 2.11. The Hall–Kier alpha value is -1.90. The molecule has 1 heterocycles. The largest absolute Gasteiger partial charge is 0.349 e. The van der Waals surface area contributed by atoms with Crippen molar-refractivity contribution in [3.05, 3.63) is 35.1 Å². The van der Waals surface area contributed by atoms with Crippen LogP contribution in [0.3, 0.4) is 0 Å². The van der Waals surface area contributed by atoms with Crippen molar-refractivity contribution in [2.24, 2.45) is 5.73 Å². The van der Waals surface area contributed by atoms with Crippen molar-refractivity contribution in [3.8, 4) is 11.8 Å². The lowest BCUT2D eigenvalue weighted by atomic mass is 10.0. The first kappa shape index (κ1) is 15.5. The number of likely N-dealkylation sites (tertiary alicyclic amines) is 1. The molecular formula is C16H20FN3O. The molecule has 1 aromatic rings. The lowest BCUT2D eigenvalue weighted by Gasteiger charge is -2.29. The maximum absolute atomic E-state index is 13.3. The molecule has 3 N–H and O–H groups in total. The number of hydrogen-bond acceptors (Lipinski definition) is 3. The summed E-state index contributed by atoms with van der Waals surface area (Å²) in [5.41, 5.74) is 6.11. The molecule has 0 radical (unpaired) electrons. The van der Waals surface area contributed by atoms with Gasteiger partial charge in [0.2, 0.25) is 0 Å². The summed E-state index contributed by atoms with van der Waals surface area (Å²) < 4.78 is 13.3. The number of halogens is 1. The second-order valence-electron chi connectivity index (χ2n) is 5.25. The number of carbonyl (C=O) groups excluding carboxylic acids is 1. The van der Waals surface area contributed by atoms with E-state index in [4.69, 9.17) is 5.73 Å².